The average Bonchev–Trinajstić information content (AvgIpc) is 2.59. The molecule has 0 saturated heterocycles. The molecule has 118 valence electrons. The zero-order chi connectivity index (χ0) is 16.1. The van der Waals surface area contributed by atoms with Gasteiger partial charge in [-0.05, 0) is 36.3 Å². The first-order valence-electron chi connectivity index (χ1n) is 7.48. The topological polar surface area (TPSA) is 61.6 Å². The van der Waals surface area contributed by atoms with E-state index in [9.17, 15) is 10.1 Å². The lowest BCUT2D eigenvalue weighted by molar-refractivity contribution is -0.618. The molecule has 1 aliphatic heterocycles. The van der Waals surface area contributed by atoms with E-state index < -0.39 is 5.72 Å². The van der Waals surface area contributed by atoms with Crippen LogP contribution in [-0.2, 0) is 6.42 Å². The summed E-state index contributed by atoms with van der Waals surface area (Å²) in [4.78, 5) is 11.2. The predicted octanol–water partition coefficient (Wildman–Crippen LogP) is 3.97. The van der Waals surface area contributed by atoms with Crippen LogP contribution < -0.4 is 9.47 Å². The molecule has 0 N–H and O–H groups in total. The van der Waals surface area contributed by atoms with Gasteiger partial charge in [-0.2, -0.15) is 0 Å². The monoisotopic (exact) mass is 311 g/mol. The minimum absolute atomic E-state index is 0.154. The van der Waals surface area contributed by atoms with E-state index in [-0.39, 0.29) is 11.3 Å². The van der Waals surface area contributed by atoms with Crippen LogP contribution in [0.25, 0.3) is 0 Å². The molecule has 3 rings (SSSR count). The van der Waals surface area contributed by atoms with Crippen LogP contribution in [0, 0.1) is 10.1 Å². The molecular formula is C18H17NO4. The number of fused-ring (bicyclic) bond motifs is 1. The molecule has 5 heteroatoms. The van der Waals surface area contributed by atoms with Gasteiger partial charge in [-0.25, -0.2) is 0 Å². The number of nitro groups is 1. The van der Waals surface area contributed by atoms with Gasteiger partial charge in [-0.3, -0.25) is 10.1 Å². The molecule has 1 heterocycles. The van der Waals surface area contributed by atoms with E-state index in [4.69, 9.17) is 9.47 Å². The van der Waals surface area contributed by atoms with E-state index in [1.165, 1.54) is 6.26 Å². The summed E-state index contributed by atoms with van der Waals surface area (Å²) in [5, 5.41) is 11.6. The standard InChI is InChI=1S/C18H17NO4/c20-19(21)18(12-6-14-22-16-8-2-1-3-9-16)13-11-15-7-4-5-10-17(15)23-18/h1-10,14H,11-13H2. The molecule has 0 radical (unpaired) electrons. The molecule has 0 spiro atoms. The Balaban J connectivity index is 1.69. The zero-order valence-corrected chi connectivity index (χ0v) is 12.6. The van der Waals surface area contributed by atoms with E-state index in [0.29, 0.717) is 24.3 Å². The summed E-state index contributed by atoms with van der Waals surface area (Å²) in [6.45, 7) is 0. The Kier molecular flexibility index (Phi) is 4.28. The van der Waals surface area contributed by atoms with Gasteiger partial charge in [0.25, 0.3) is 0 Å². The fourth-order valence-corrected chi connectivity index (χ4v) is 2.60. The smallest absolute Gasteiger partial charge is 0.366 e. The second-order valence-corrected chi connectivity index (χ2v) is 5.42. The van der Waals surface area contributed by atoms with E-state index in [0.717, 1.165) is 5.56 Å². The molecular weight excluding hydrogens is 294 g/mol. The lowest BCUT2D eigenvalue weighted by atomic mass is 9.95. The fourth-order valence-electron chi connectivity index (χ4n) is 2.60. The first-order chi connectivity index (χ1) is 11.2. The van der Waals surface area contributed by atoms with Gasteiger partial charge in [0, 0.05) is 0 Å². The molecule has 1 aliphatic rings. The van der Waals surface area contributed by atoms with Crippen molar-refractivity contribution in [2.75, 3.05) is 0 Å². The fraction of sp³-hybridized carbons (Fsp3) is 0.222. The highest BCUT2D eigenvalue weighted by molar-refractivity contribution is 5.35. The number of hydrogen-bond acceptors (Lipinski definition) is 4. The lowest BCUT2D eigenvalue weighted by Crippen LogP contribution is -2.46. The zero-order valence-electron chi connectivity index (χ0n) is 12.6. The van der Waals surface area contributed by atoms with E-state index in [2.05, 4.69) is 0 Å². The normalized spacial score (nSPS) is 19.8. The van der Waals surface area contributed by atoms with Gasteiger partial charge in [0.15, 0.2) is 0 Å². The molecule has 0 fully saturated rings. The second-order valence-electron chi connectivity index (χ2n) is 5.42. The third-order valence-electron chi connectivity index (χ3n) is 3.87. The summed E-state index contributed by atoms with van der Waals surface area (Å²) < 4.78 is 11.2. The SMILES string of the molecule is O=[N+]([O-])C1(CC=COc2ccccc2)CCc2ccccc2O1. The quantitative estimate of drug-likeness (QED) is 0.476. The Morgan fingerprint density at radius 2 is 1.91 bits per heavy atom. The molecule has 1 unspecified atom stereocenters. The summed E-state index contributed by atoms with van der Waals surface area (Å²) in [7, 11) is 0. The van der Waals surface area contributed by atoms with Gasteiger partial charge < -0.3 is 9.47 Å². The average molecular weight is 311 g/mol. The predicted molar refractivity (Wildman–Crippen MR) is 85.9 cm³/mol. The van der Waals surface area contributed by atoms with Crippen molar-refractivity contribution in [1.82, 2.24) is 0 Å². The van der Waals surface area contributed by atoms with Crippen molar-refractivity contribution in [3.05, 3.63) is 82.6 Å². The Morgan fingerprint density at radius 3 is 2.70 bits per heavy atom. The summed E-state index contributed by atoms with van der Waals surface area (Å²) in [6.07, 6.45) is 4.24. The van der Waals surface area contributed by atoms with Gasteiger partial charge in [0.2, 0.25) is 0 Å². The summed E-state index contributed by atoms with van der Waals surface area (Å²) in [6, 6.07) is 16.7. The largest absolute Gasteiger partial charge is 0.465 e. The highest BCUT2D eigenvalue weighted by atomic mass is 16.7. The van der Waals surface area contributed by atoms with Crippen LogP contribution in [-0.4, -0.2) is 10.6 Å². The number of aryl methyl sites for hydroxylation is 1. The number of rotatable bonds is 5. The highest BCUT2D eigenvalue weighted by Gasteiger charge is 2.47. The Labute approximate surface area is 134 Å². The minimum Gasteiger partial charge on any atom is -0.465 e. The molecule has 2 aromatic rings. The van der Waals surface area contributed by atoms with Crippen molar-refractivity contribution >= 4 is 0 Å². The van der Waals surface area contributed by atoms with E-state index >= 15 is 0 Å². The van der Waals surface area contributed by atoms with Crippen LogP contribution in [0.2, 0.25) is 0 Å². The summed E-state index contributed by atoms with van der Waals surface area (Å²) in [5.74, 6) is 1.28. The van der Waals surface area contributed by atoms with E-state index in [1.54, 1.807) is 12.1 Å². The van der Waals surface area contributed by atoms with Crippen molar-refractivity contribution in [3.63, 3.8) is 0 Å². The van der Waals surface area contributed by atoms with Crippen molar-refractivity contribution < 1.29 is 14.4 Å². The second kappa shape index (κ2) is 6.52. The number of nitrogens with zero attached hydrogens (tertiary/aromatic N) is 1. The molecule has 5 nitrogen and oxygen atoms in total. The molecule has 1 atom stereocenters. The number of hydrogen-bond donors (Lipinski definition) is 0. The maximum Gasteiger partial charge on any atom is 0.366 e. The summed E-state index contributed by atoms with van der Waals surface area (Å²) in [5.41, 5.74) is -0.417. The number of ether oxygens (including phenoxy) is 2. The number of para-hydroxylation sites is 2. The van der Waals surface area contributed by atoms with Crippen LogP contribution in [0.4, 0.5) is 0 Å². The van der Waals surface area contributed by atoms with Crippen LogP contribution in [0.5, 0.6) is 11.5 Å². The summed E-state index contributed by atoms with van der Waals surface area (Å²) >= 11 is 0. The minimum atomic E-state index is -1.43. The van der Waals surface area contributed by atoms with Gasteiger partial charge in [-0.1, -0.05) is 36.4 Å². The lowest BCUT2D eigenvalue weighted by Gasteiger charge is -2.30. The van der Waals surface area contributed by atoms with Crippen LogP contribution in [0.3, 0.4) is 0 Å². The highest BCUT2D eigenvalue weighted by Crippen LogP contribution is 2.35. The maximum atomic E-state index is 11.6. The van der Waals surface area contributed by atoms with Crippen molar-refractivity contribution in [2.24, 2.45) is 0 Å². The van der Waals surface area contributed by atoms with Crippen molar-refractivity contribution in [2.45, 2.75) is 25.0 Å². The maximum absolute atomic E-state index is 11.6. The number of benzene rings is 2. The molecule has 0 aromatic heterocycles. The van der Waals surface area contributed by atoms with Gasteiger partial charge in [0.1, 0.15) is 11.5 Å². The molecule has 0 bridgehead atoms. The molecule has 0 saturated carbocycles. The Hall–Kier alpha value is -2.82. The van der Waals surface area contributed by atoms with Gasteiger partial charge >= 0.3 is 5.72 Å². The van der Waals surface area contributed by atoms with Crippen molar-refractivity contribution in [3.8, 4) is 11.5 Å². The molecule has 23 heavy (non-hydrogen) atoms. The van der Waals surface area contributed by atoms with Gasteiger partial charge in [0.05, 0.1) is 24.0 Å². The van der Waals surface area contributed by atoms with Gasteiger partial charge in [-0.15, -0.1) is 0 Å². The molecule has 2 aromatic carbocycles. The van der Waals surface area contributed by atoms with Crippen LogP contribution in [0.1, 0.15) is 18.4 Å². The third-order valence-corrected chi connectivity index (χ3v) is 3.87. The Bertz CT molecular complexity index is 714. The first kappa shape index (κ1) is 15.1. The van der Waals surface area contributed by atoms with Crippen molar-refractivity contribution in [1.29, 1.82) is 0 Å². The van der Waals surface area contributed by atoms with E-state index in [1.807, 2.05) is 48.5 Å². The van der Waals surface area contributed by atoms with Crippen LogP contribution in [0.15, 0.2) is 66.9 Å². The first-order valence-corrected chi connectivity index (χ1v) is 7.48. The van der Waals surface area contributed by atoms with Crippen LogP contribution >= 0.6 is 0 Å². The molecule has 0 aliphatic carbocycles. The Morgan fingerprint density at radius 1 is 1.17 bits per heavy atom. The molecule has 0 amide bonds. The third kappa shape index (κ3) is 3.34.